The second-order valence-corrected chi connectivity index (χ2v) is 11.0. The van der Waals surface area contributed by atoms with Gasteiger partial charge in [-0.3, -0.25) is 9.97 Å². The summed E-state index contributed by atoms with van der Waals surface area (Å²) in [5.74, 6) is 3.42. The molecule has 0 spiro atoms. The highest BCUT2D eigenvalue weighted by molar-refractivity contribution is 5.62. The molecule has 0 radical (unpaired) electrons. The summed E-state index contributed by atoms with van der Waals surface area (Å²) in [5.41, 5.74) is 3.42. The van der Waals surface area contributed by atoms with Gasteiger partial charge in [-0.2, -0.15) is 0 Å². The Kier molecular flexibility index (Phi) is 9.95. The monoisotopic (exact) mass is 514 g/mol. The van der Waals surface area contributed by atoms with Gasteiger partial charge < -0.3 is 9.47 Å². The number of pyridine rings is 2. The van der Waals surface area contributed by atoms with Crippen LogP contribution in [0.2, 0.25) is 0 Å². The SMILES string of the molecule is c1cc(OCCCCCCC2CC2)ncc1-c1cnc(-c2ccc(OCCCCCCC3CC3)nc2)cn1. The first kappa shape index (κ1) is 26.6. The van der Waals surface area contributed by atoms with Crippen LogP contribution in [0.4, 0.5) is 0 Å². The fourth-order valence-corrected chi connectivity index (χ4v) is 4.80. The summed E-state index contributed by atoms with van der Waals surface area (Å²) >= 11 is 0. The Hall–Kier alpha value is -3.02. The average Bonchev–Trinajstić information content (AvgIpc) is 3.89. The lowest BCUT2D eigenvalue weighted by molar-refractivity contribution is 0.293. The van der Waals surface area contributed by atoms with E-state index in [0.717, 1.165) is 60.4 Å². The molecule has 0 N–H and O–H groups in total. The van der Waals surface area contributed by atoms with Crippen LogP contribution in [0.3, 0.4) is 0 Å². The second kappa shape index (κ2) is 14.2. The van der Waals surface area contributed by atoms with Crippen LogP contribution in [-0.2, 0) is 0 Å². The van der Waals surface area contributed by atoms with Crippen LogP contribution in [0.15, 0.2) is 49.1 Å². The molecule has 2 aliphatic carbocycles. The van der Waals surface area contributed by atoms with E-state index < -0.39 is 0 Å². The van der Waals surface area contributed by atoms with Crippen molar-refractivity contribution in [3.05, 3.63) is 49.1 Å². The number of rotatable bonds is 18. The van der Waals surface area contributed by atoms with Crippen LogP contribution in [0.5, 0.6) is 11.8 Å². The number of unbranched alkanes of at least 4 members (excludes halogenated alkanes) is 6. The first-order chi connectivity index (χ1) is 18.8. The summed E-state index contributed by atoms with van der Waals surface area (Å²) in [4.78, 5) is 18.1. The van der Waals surface area contributed by atoms with Gasteiger partial charge in [0.15, 0.2) is 0 Å². The third-order valence-corrected chi connectivity index (χ3v) is 7.62. The third kappa shape index (κ3) is 9.07. The van der Waals surface area contributed by atoms with Crippen molar-refractivity contribution in [3.63, 3.8) is 0 Å². The Morgan fingerprint density at radius 3 is 1.32 bits per heavy atom. The number of nitrogens with zero attached hydrogens (tertiary/aromatic N) is 4. The zero-order chi connectivity index (χ0) is 25.8. The lowest BCUT2D eigenvalue weighted by atomic mass is 10.1. The van der Waals surface area contributed by atoms with Crippen LogP contribution in [0.25, 0.3) is 22.5 Å². The van der Waals surface area contributed by atoms with Crippen molar-refractivity contribution >= 4 is 0 Å². The molecule has 0 aliphatic heterocycles. The molecule has 0 saturated heterocycles. The van der Waals surface area contributed by atoms with Crippen molar-refractivity contribution in [2.24, 2.45) is 11.8 Å². The Bertz CT molecular complexity index is 989. The van der Waals surface area contributed by atoms with Gasteiger partial charge in [0.2, 0.25) is 11.8 Å². The Morgan fingerprint density at radius 2 is 0.947 bits per heavy atom. The molecule has 202 valence electrons. The normalized spacial score (nSPS) is 14.9. The zero-order valence-electron chi connectivity index (χ0n) is 22.7. The van der Waals surface area contributed by atoms with E-state index in [9.17, 15) is 0 Å². The Morgan fingerprint density at radius 1 is 0.500 bits per heavy atom. The minimum Gasteiger partial charge on any atom is -0.478 e. The molecular weight excluding hydrogens is 472 g/mol. The van der Waals surface area contributed by atoms with Gasteiger partial charge in [0.05, 0.1) is 37.0 Å². The standard InChI is InChI=1S/C32H42N4O2/c1(5-9-25-11-12-25)3-7-19-37-31-17-15-27(21-35-31)29-23-34-30(24-33-29)28-16-18-32(36-22-28)38-20-8-4-2-6-10-26-13-14-26/h15-18,21-26H,1-14,19-20H2. The van der Waals surface area contributed by atoms with Gasteiger partial charge in [0.1, 0.15) is 0 Å². The van der Waals surface area contributed by atoms with Crippen molar-refractivity contribution in [3.8, 4) is 34.3 Å². The number of aromatic nitrogens is 4. The first-order valence-corrected chi connectivity index (χ1v) is 14.8. The predicted molar refractivity (Wildman–Crippen MR) is 151 cm³/mol. The minimum atomic E-state index is 0.665. The molecule has 38 heavy (non-hydrogen) atoms. The van der Waals surface area contributed by atoms with Gasteiger partial charge in [-0.1, -0.05) is 77.0 Å². The summed E-state index contributed by atoms with van der Waals surface area (Å²) in [6, 6.07) is 7.80. The Balaban J connectivity index is 0.998. The summed E-state index contributed by atoms with van der Waals surface area (Å²) in [5, 5.41) is 0. The van der Waals surface area contributed by atoms with E-state index in [2.05, 4.69) is 19.9 Å². The number of hydrogen-bond acceptors (Lipinski definition) is 6. The lowest BCUT2D eigenvalue weighted by Crippen LogP contribution is -1.99. The van der Waals surface area contributed by atoms with Gasteiger partial charge in [-0.05, 0) is 36.8 Å². The number of ether oxygens (including phenoxy) is 2. The molecule has 2 saturated carbocycles. The molecule has 3 aromatic heterocycles. The maximum absolute atomic E-state index is 5.82. The van der Waals surface area contributed by atoms with Crippen LogP contribution >= 0.6 is 0 Å². The van der Waals surface area contributed by atoms with Gasteiger partial charge in [-0.15, -0.1) is 0 Å². The topological polar surface area (TPSA) is 70.0 Å². The molecule has 2 fully saturated rings. The maximum atomic E-state index is 5.82. The molecule has 5 rings (SSSR count). The molecule has 6 heteroatoms. The van der Waals surface area contributed by atoms with Crippen LogP contribution < -0.4 is 9.47 Å². The van der Waals surface area contributed by atoms with Gasteiger partial charge in [-0.25, -0.2) is 9.97 Å². The summed E-state index contributed by atoms with van der Waals surface area (Å²) in [7, 11) is 0. The van der Waals surface area contributed by atoms with Crippen molar-refractivity contribution in [1.29, 1.82) is 0 Å². The fraction of sp³-hybridized carbons (Fsp3) is 0.562. The van der Waals surface area contributed by atoms with E-state index in [1.807, 2.05) is 24.3 Å². The molecule has 0 amide bonds. The zero-order valence-corrected chi connectivity index (χ0v) is 22.7. The lowest BCUT2D eigenvalue weighted by Gasteiger charge is -2.07. The van der Waals surface area contributed by atoms with E-state index in [-0.39, 0.29) is 0 Å². The molecule has 3 aromatic rings. The molecular formula is C32H42N4O2. The highest BCUT2D eigenvalue weighted by atomic mass is 16.5. The van der Waals surface area contributed by atoms with Crippen molar-refractivity contribution in [2.45, 2.75) is 89.9 Å². The van der Waals surface area contributed by atoms with E-state index >= 15 is 0 Å². The highest BCUT2D eigenvalue weighted by Crippen LogP contribution is 2.34. The van der Waals surface area contributed by atoms with Crippen LogP contribution in [-0.4, -0.2) is 33.1 Å². The fourth-order valence-electron chi connectivity index (χ4n) is 4.80. The summed E-state index contributed by atoms with van der Waals surface area (Å²) < 4.78 is 11.6. The van der Waals surface area contributed by atoms with Gasteiger partial charge in [0, 0.05) is 35.7 Å². The molecule has 0 bridgehead atoms. The summed E-state index contributed by atoms with van der Waals surface area (Å²) in [6.07, 6.45) is 25.9. The van der Waals surface area contributed by atoms with Crippen molar-refractivity contribution < 1.29 is 9.47 Å². The second-order valence-electron chi connectivity index (χ2n) is 11.0. The van der Waals surface area contributed by atoms with E-state index in [4.69, 9.17) is 9.47 Å². The van der Waals surface area contributed by atoms with E-state index in [0.29, 0.717) is 11.8 Å². The highest BCUT2D eigenvalue weighted by Gasteiger charge is 2.20. The van der Waals surface area contributed by atoms with Gasteiger partial charge in [0.25, 0.3) is 0 Å². The third-order valence-electron chi connectivity index (χ3n) is 7.62. The smallest absolute Gasteiger partial charge is 0.213 e. The van der Waals surface area contributed by atoms with Crippen molar-refractivity contribution in [2.75, 3.05) is 13.2 Å². The largest absolute Gasteiger partial charge is 0.478 e. The van der Waals surface area contributed by atoms with E-state index in [1.54, 1.807) is 24.8 Å². The number of hydrogen-bond donors (Lipinski definition) is 0. The Labute approximate surface area is 227 Å². The quantitative estimate of drug-likeness (QED) is 0.160. The molecule has 3 heterocycles. The maximum Gasteiger partial charge on any atom is 0.213 e. The predicted octanol–water partition coefficient (Wildman–Crippen LogP) is 8.08. The summed E-state index contributed by atoms with van der Waals surface area (Å²) in [6.45, 7) is 1.45. The van der Waals surface area contributed by atoms with Crippen molar-refractivity contribution in [1.82, 2.24) is 19.9 Å². The van der Waals surface area contributed by atoms with Crippen LogP contribution in [0.1, 0.15) is 89.9 Å². The average molecular weight is 515 g/mol. The minimum absolute atomic E-state index is 0.665. The molecule has 0 atom stereocenters. The first-order valence-electron chi connectivity index (χ1n) is 14.8. The molecule has 2 aliphatic rings. The molecule has 6 nitrogen and oxygen atoms in total. The molecule has 0 aromatic carbocycles. The van der Waals surface area contributed by atoms with Crippen LogP contribution in [0, 0.1) is 11.8 Å². The van der Waals surface area contributed by atoms with E-state index in [1.165, 1.54) is 77.0 Å². The van der Waals surface area contributed by atoms with Gasteiger partial charge >= 0.3 is 0 Å². The molecule has 0 unspecified atom stereocenters.